The van der Waals surface area contributed by atoms with Crippen LogP contribution in [0.15, 0.2) is 24.3 Å². The third kappa shape index (κ3) is 3.53. The summed E-state index contributed by atoms with van der Waals surface area (Å²) in [6.45, 7) is 5.87. The quantitative estimate of drug-likeness (QED) is 0.898. The van der Waals surface area contributed by atoms with E-state index >= 15 is 0 Å². The van der Waals surface area contributed by atoms with E-state index < -0.39 is 0 Å². The minimum Gasteiger partial charge on any atom is -0.392 e. The molecule has 1 fully saturated rings. The van der Waals surface area contributed by atoms with Gasteiger partial charge in [0.1, 0.15) is 0 Å². The highest BCUT2D eigenvalue weighted by atomic mass is 35.5. The molecule has 1 aliphatic rings. The van der Waals surface area contributed by atoms with Gasteiger partial charge in [-0.05, 0) is 43.0 Å². The third-order valence-corrected chi connectivity index (χ3v) is 4.65. The van der Waals surface area contributed by atoms with Gasteiger partial charge in [-0.2, -0.15) is 0 Å². The van der Waals surface area contributed by atoms with Crippen molar-refractivity contribution in [3.8, 4) is 0 Å². The van der Waals surface area contributed by atoms with E-state index in [1.165, 1.54) is 0 Å². The smallest absolute Gasteiger partial charge is 0.0693 e. The zero-order valence-corrected chi connectivity index (χ0v) is 13.1. The molecular formula is C16H25ClN2O. The Morgan fingerprint density at radius 3 is 2.85 bits per heavy atom. The molecule has 0 amide bonds. The zero-order chi connectivity index (χ0) is 14.7. The van der Waals surface area contributed by atoms with Gasteiger partial charge in [-0.15, -0.1) is 0 Å². The predicted molar refractivity (Wildman–Crippen MR) is 83.8 cm³/mol. The summed E-state index contributed by atoms with van der Waals surface area (Å²) in [4.78, 5) is 2.31. The highest BCUT2D eigenvalue weighted by Gasteiger charge is 2.32. The average Bonchev–Trinajstić information content (AvgIpc) is 2.43. The van der Waals surface area contributed by atoms with E-state index in [9.17, 15) is 5.11 Å². The van der Waals surface area contributed by atoms with Crippen molar-refractivity contribution >= 4 is 11.6 Å². The van der Waals surface area contributed by atoms with Gasteiger partial charge < -0.3 is 10.8 Å². The highest BCUT2D eigenvalue weighted by molar-refractivity contribution is 6.30. The van der Waals surface area contributed by atoms with E-state index in [-0.39, 0.29) is 18.2 Å². The van der Waals surface area contributed by atoms with Gasteiger partial charge in [-0.1, -0.05) is 37.6 Å². The summed E-state index contributed by atoms with van der Waals surface area (Å²) in [5.41, 5.74) is 7.49. The van der Waals surface area contributed by atoms with Crippen LogP contribution in [0.25, 0.3) is 0 Å². The molecule has 0 aliphatic carbocycles. The van der Waals surface area contributed by atoms with Crippen molar-refractivity contribution in [2.45, 2.75) is 44.9 Å². The van der Waals surface area contributed by atoms with Gasteiger partial charge in [0.05, 0.1) is 12.1 Å². The summed E-state index contributed by atoms with van der Waals surface area (Å²) in [5.74, 6) is 0.365. The van der Waals surface area contributed by atoms with Crippen LogP contribution < -0.4 is 5.73 Å². The van der Waals surface area contributed by atoms with Gasteiger partial charge in [0.15, 0.2) is 0 Å². The van der Waals surface area contributed by atoms with Crippen LogP contribution in [0.1, 0.15) is 38.3 Å². The SMILES string of the molecule is CCC(N)C(c1cccc(Cl)c1)N1CCC(C)C(O)C1. The fourth-order valence-electron chi connectivity index (χ4n) is 2.97. The first-order valence-electron chi connectivity index (χ1n) is 7.46. The molecule has 1 aromatic carbocycles. The maximum Gasteiger partial charge on any atom is 0.0693 e. The van der Waals surface area contributed by atoms with Crippen LogP contribution in [-0.2, 0) is 0 Å². The number of aliphatic hydroxyl groups excluding tert-OH is 1. The Balaban J connectivity index is 2.24. The van der Waals surface area contributed by atoms with Gasteiger partial charge in [0.2, 0.25) is 0 Å². The van der Waals surface area contributed by atoms with Crippen LogP contribution in [0.4, 0.5) is 0 Å². The first-order chi connectivity index (χ1) is 9.52. The van der Waals surface area contributed by atoms with Crippen molar-refractivity contribution in [3.63, 3.8) is 0 Å². The lowest BCUT2D eigenvalue weighted by Gasteiger charge is -2.41. The number of rotatable bonds is 4. The second-order valence-corrected chi connectivity index (χ2v) is 6.34. The average molecular weight is 297 g/mol. The van der Waals surface area contributed by atoms with Crippen LogP contribution >= 0.6 is 11.6 Å². The maximum absolute atomic E-state index is 10.1. The Labute approximate surface area is 126 Å². The van der Waals surface area contributed by atoms with Crippen molar-refractivity contribution in [2.75, 3.05) is 13.1 Å². The van der Waals surface area contributed by atoms with Crippen LogP contribution in [0.3, 0.4) is 0 Å². The molecule has 20 heavy (non-hydrogen) atoms. The summed E-state index contributed by atoms with van der Waals surface area (Å²) in [6.07, 6.45) is 1.64. The van der Waals surface area contributed by atoms with E-state index in [2.05, 4.69) is 24.8 Å². The summed E-state index contributed by atoms with van der Waals surface area (Å²) >= 11 is 6.12. The predicted octanol–water partition coefficient (Wildman–Crippen LogP) is 2.82. The van der Waals surface area contributed by atoms with Crippen molar-refractivity contribution < 1.29 is 5.11 Å². The first-order valence-corrected chi connectivity index (χ1v) is 7.84. The van der Waals surface area contributed by atoms with Crippen molar-refractivity contribution in [1.82, 2.24) is 4.90 Å². The Morgan fingerprint density at radius 1 is 1.50 bits per heavy atom. The monoisotopic (exact) mass is 296 g/mol. The van der Waals surface area contributed by atoms with Crippen molar-refractivity contribution in [2.24, 2.45) is 11.7 Å². The molecule has 1 aliphatic heterocycles. The molecule has 4 unspecified atom stereocenters. The van der Waals surface area contributed by atoms with E-state index in [0.29, 0.717) is 12.5 Å². The lowest BCUT2D eigenvalue weighted by Crippen LogP contribution is -2.49. The van der Waals surface area contributed by atoms with Gasteiger partial charge in [0, 0.05) is 17.6 Å². The van der Waals surface area contributed by atoms with Gasteiger partial charge in [0.25, 0.3) is 0 Å². The van der Waals surface area contributed by atoms with Crippen LogP contribution in [-0.4, -0.2) is 35.2 Å². The minimum absolute atomic E-state index is 0.0501. The topological polar surface area (TPSA) is 49.5 Å². The molecule has 0 aromatic heterocycles. The molecule has 4 atom stereocenters. The number of nitrogens with zero attached hydrogens (tertiary/aromatic N) is 1. The Kier molecular flexibility index (Phi) is 5.44. The second-order valence-electron chi connectivity index (χ2n) is 5.90. The van der Waals surface area contributed by atoms with E-state index in [0.717, 1.165) is 30.0 Å². The lowest BCUT2D eigenvalue weighted by atomic mass is 9.90. The van der Waals surface area contributed by atoms with Crippen LogP contribution in [0, 0.1) is 5.92 Å². The van der Waals surface area contributed by atoms with E-state index in [1.807, 2.05) is 18.2 Å². The van der Waals surface area contributed by atoms with E-state index in [4.69, 9.17) is 17.3 Å². The number of β-amino-alcohol motifs (C(OH)–C–C–N with tert-alkyl or cyclic N) is 1. The molecule has 1 aromatic rings. The third-order valence-electron chi connectivity index (χ3n) is 4.41. The number of halogens is 1. The zero-order valence-electron chi connectivity index (χ0n) is 12.3. The molecule has 3 N–H and O–H groups in total. The Bertz CT molecular complexity index is 440. The summed E-state index contributed by atoms with van der Waals surface area (Å²) in [6, 6.07) is 8.10. The molecule has 0 spiro atoms. The molecule has 0 radical (unpaired) electrons. The van der Waals surface area contributed by atoms with Crippen LogP contribution in [0.5, 0.6) is 0 Å². The molecule has 1 saturated heterocycles. The maximum atomic E-state index is 10.1. The molecule has 2 rings (SSSR count). The fourth-order valence-corrected chi connectivity index (χ4v) is 3.17. The molecular weight excluding hydrogens is 272 g/mol. The number of aliphatic hydroxyl groups is 1. The summed E-state index contributed by atoms with van der Waals surface area (Å²) < 4.78 is 0. The molecule has 0 saturated carbocycles. The number of benzene rings is 1. The Hall–Kier alpha value is -0.610. The Morgan fingerprint density at radius 2 is 2.25 bits per heavy atom. The largest absolute Gasteiger partial charge is 0.392 e. The molecule has 0 bridgehead atoms. The molecule has 1 heterocycles. The number of hydrogen-bond donors (Lipinski definition) is 2. The number of piperidine rings is 1. The van der Waals surface area contributed by atoms with Crippen LogP contribution in [0.2, 0.25) is 5.02 Å². The highest BCUT2D eigenvalue weighted by Crippen LogP contribution is 2.31. The minimum atomic E-state index is -0.269. The summed E-state index contributed by atoms with van der Waals surface area (Å²) in [5, 5.41) is 10.9. The van der Waals surface area contributed by atoms with Gasteiger partial charge >= 0.3 is 0 Å². The number of hydrogen-bond acceptors (Lipinski definition) is 3. The molecule has 3 nitrogen and oxygen atoms in total. The van der Waals surface area contributed by atoms with E-state index in [1.54, 1.807) is 0 Å². The molecule has 112 valence electrons. The van der Waals surface area contributed by atoms with Gasteiger partial charge in [-0.25, -0.2) is 0 Å². The first kappa shape index (κ1) is 15.8. The molecule has 4 heteroatoms. The van der Waals surface area contributed by atoms with Gasteiger partial charge in [-0.3, -0.25) is 4.90 Å². The normalized spacial score (nSPS) is 27.2. The number of nitrogens with two attached hydrogens (primary N) is 1. The fraction of sp³-hybridized carbons (Fsp3) is 0.625. The summed E-state index contributed by atoms with van der Waals surface area (Å²) in [7, 11) is 0. The van der Waals surface area contributed by atoms with Crippen molar-refractivity contribution in [1.29, 1.82) is 0 Å². The second kappa shape index (κ2) is 6.90. The lowest BCUT2D eigenvalue weighted by molar-refractivity contribution is 0.00397. The number of likely N-dealkylation sites (tertiary alicyclic amines) is 1. The standard InChI is InChI=1S/C16H25ClN2O/c1-3-14(18)16(12-5-4-6-13(17)9-12)19-8-7-11(2)15(20)10-19/h4-6,9,11,14-16,20H,3,7-8,10,18H2,1-2H3. The van der Waals surface area contributed by atoms with Crippen molar-refractivity contribution in [3.05, 3.63) is 34.9 Å².